The van der Waals surface area contributed by atoms with Crippen LogP contribution in [0.2, 0.25) is 0 Å². The van der Waals surface area contributed by atoms with Crippen LogP contribution >= 0.6 is 11.3 Å². The van der Waals surface area contributed by atoms with Crippen molar-refractivity contribution in [2.75, 3.05) is 5.43 Å². The number of para-hydroxylation sites is 1. The van der Waals surface area contributed by atoms with Gasteiger partial charge in [0, 0.05) is 18.1 Å². The summed E-state index contributed by atoms with van der Waals surface area (Å²) in [6.45, 7) is 0. The largest absolute Gasteiger partial charge is 0.261 e. The van der Waals surface area contributed by atoms with E-state index in [1.54, 1.807) is 11.3 Å². The van der Waals surface area contributed by atoms with Crippen LogP contribution in [0.25, 0.3) is 10.2 Å². The average Bonchev–Trinajstić information content (AvgIpc) is 2.90. The highest BCUT2D eigenvalue weighted by Crippen LogP contribution is 2.25. The van der Waals surface area contributed by atoms with Crippen LogP contribution in [-0.4, -0.2) is 16.2 Å². The summed E-state index contributed by atoms with van der Waals surface area (Å²) in [4.78, 5) is 8.72. The summed E-state index contributed by atoms with van der Waals surface area (Å²) in [6, 6.07) is 14.0. The first kappa shape index (κ1) is 12.7. The van der Waals surface area contributed by atoms with Crippen molar-refractivity contribution in [1.29, 1.82) is 0 Å². The van der Waals surface area contributed by atoms with E-state index in [1.165, 1.54) is 4.70 Å². The fourth-order valence-electron chi connectivity index (χ4n) is 1.84. The van der Waals surface area contributed by atoms with Crippen molar-refractivity contribution in [1.82, 2.24) is 9.97 Å². The molecule has 0 unspecified atom stereocenters. The minimum Gasteiger partial charge on any atom is -0.261 e. The van der Waals surface area contributed by atoms with Crippen LogP contribution in [0.1, 0.15) is 12.1 Å². The third kappa shape index (κ3) is 3.19. The van der Waals surface area contributed by atoms with E-state index in [-0.39, 0.29) is 0 Å². The maximum Gasteiger partial charge on any atom is 0.204 e. The summed E-state index contributed by atoms with van der Waals surface area (Å²) >= 11 is 1.60. The quantitative estimate of drug-likeness (QED) is 0.573. The Balaban J connectivity index is 1.52. The van der Waals surface area contributed by atoms with Crippen LogP contribution in [0, 0.1) is 0 Å². The summed E-state index contributed by atoms with van der Waals surface area (Å²) < 4.78 is 1.17. The molecule has 3 rings (SSSR count). The van der Waals surface area contributed by atoms with Gasteiger partial charge in [-0.2, -0.15) is 5.10 Å². The van der Waals surface area contributed by atoms with Gasteiger partial charge in [-0.3, -0.25) is 10.4 Å². The Kier molecular flexibility index (Phi) is 3.99. The van der Waals surface area contributed by atoms with E-state index >= 15 is 0 Å². The predicted octanol–water partition coefficient (Wildman–Crippen LogP) is 3.72. The van der Waals surface area contributed by atoms with Gasteiger partial charge in [0.1, 0.15) is 0 Å². The zero-order valence-corrected chi connectivity index (χ0v) is 11.7. The number of hydrogen-bond acceptors (Lipinski definition) is 5. The molecular weight excluding hydrogens is 268 g/mol. The van der Waals surface area contributed by atoms with Crippen molar-refractivity contribution in [3.8, 4) is 0 Å². The Morgan fingerprint density at radius 2 is 2.05 bits per heavy atom. The third-order valence-electron chi connectivity index (χ3n) is 2.80. The topological polar surface area (TPSA) is 50.2 Å². The van der Waals surface area contributed by atoms with Gasteiger partial charge in [0.15, 0.2) is 0 Å². The van der Waals surface area contributed by atoms with E-state index in [1.807, 2.05) is 48.8 Å². The highest BCUT2D eigenvalue weighted by Gasteiger charge is 2.00. The first-order valence-electron chi connectivity index (χ1n) is 6.45. The summed E-state index contributed by atoms with van der Waals surface area (Å²) in [5.74, 6) is 0. The molecule has 2 heterocycles. The number of aryl methyl sites for hydroxylation is 1. The van der Waals surface area contributed by atoms with E-state index in [9.17, 15) is 0 Å². The number of fused-ring (bicyclic) bond motifs is 1. The molecule has 0 fully saturated rings. The molecule has 4 nitrogen and oxygen atoms in total. The predicted molar refractivity (Wildman–Crippen MR) is 84.3 cm³/mol. The zero-order chi connectivity index (χ0) is 13.6. The molecule has 0 radical (unpaired) electrons. The number of rotatable bonds is 5. The second kappa shape index (κ2) is 6.25. The molecule has 0 bridgehead atoms. The maximum atomic E-state index is 4.45. The highest BCUT2D eigenvalue weighted by molar-refractivity contribution is 7.22. The van der Waals surface area contributed by atoms with Crippen LogP contribution in [0.3, 0.4) is 0 Å². The van der Waals surface area contributed by atoms with Crippen LogP contribution in [0.4, 0.5) is 5.13 Å². The van der Waals surface area contributed by atoms with Gasteiger partial charge in [0.05, 0.1) is 10.2 Å². The van der Waals surface area contributed by atoms with Crippen molar-refractivity contribution in [3.05, 3.63) is 54.4 Å². The normalized spacial score (nSPS) is 11.2. The van der Waals surface area contributed by atoms with Crippen molar-refractivity contribution >= 4 is 32.9 Å². The van der Waals surface area contributed by atoms with Crippen molar-refractivity contribution in [2.24, 2.45) is 5.10 Å². The molecule has 1 aromatic carbocycles. The van der Waals surface area contributed by atoms with E-state index in [4.69, 9.17) is 0 Å². The lowest BCUT2D eigenvalue weighted by Crippen LogP contribution is -1.92. The molecule has 0 saturated heterocycles. The fraction of sp³-hybridized carbons (Fsp3) is 0.133. The Morgan fingerprint density at radius 1 is 1.15 bits per heavy atom. The number of thiazole rings is 1. The molecule has 2 aromatic heterocycles. The molecule has 0 amide bonds. The van der Waals surface area contributed by atoms with Crippen LogP contribution < -0.4 is 5.43 Å². The van der Waals surface area contributed by atoms with Crippen LogP contribution in [-0.2, 0) is 6.42 Å². The van der Waals surface area contributed by atoms with Crippen molar-refractivity contribution < 1.29 is 0 Å². The number of hydrogen-bond donors (Lipinski definition) is 1. The van der Waals surface area contributed by atoms with E-state index in [2.05, 4.69) is 26.6 Å². The molecule has 0 aliphatic carbocycles. The van der Waals surface area contributed by atoms with E-state index in [0.29, 0.717) is 0 Å². The number of nitrogens with zero attached hydrogens (tertiary/aromatic N) is 3. The Hall–Kier alpha value is -2.27. The molecular formula is C15H14N4S. The van der Waals surface area contributed by atoms with Gasteiger partial charge in [-0.25, -0.2) is 4.98 Å². The summed E-state index contributed by atoms with van der Waals surface area (Å²) in [6.07, 6.45) is 5.42. The Morgan fingerprint density at radius 3 is 2.90 bits per heavy atom. The molecule has 0 aliphatic rings. The molecule has 1 N–H and O–H groups in total. The third-order valence-corrected chi connectivity index (χ3v) is 3.74. The van der Waals surface area contributed by atoms with Gasteiger partial charge in [0.2, 0.25) is 5.13 Å². The number of pyridine rings is 1. The molecule has 0 aliphatic heterocycles. The van der Waals surface area contributed by atoms with Gasteiger partial charge in [-0.05, 0) is 37.1 Å². The second-order valence-electron chi connectivity index (χ2n) is 4.27. The van der Waals surface area contributed by atoms with E-state index in [0.717, 1.165) is 29.2 Å². The fourth-order valence-corrected chi connectivity index (χ4v) is 2.66. The van der Waals surface area contributed by atoms with Crippen LogP contribution in [0.5, 0.6) is 0 Å². The minimum absolute atomic E-state index is 0.820. The van der Waals surface area contributed by atoms with E-state index < -0.39 is 0 Å². The van der Waals surface area contributed by atoms with Crippen molar-refractivity contribution in [3.63, 3.8) is 0 Å². The van der Waals surface area contributed by atoms with Gasteiger partial charge in [0.25, 0.3) is 0 Å². The zero-order valence-electron chi connectivity index (χ0n) is 10.9. The van der Waals surface area contributed by atoms with Gasteiger partial charge in [-0.15, -0.1) is 0 Å². The van der Waals surface area contributed by atoms with Gasteiger partial charge >= 0.3 is 0 Å². The Labute approximate surface area is 121 Å². The molecule has 0 saturated carbocycles. The lowest BCUT2D eigenvalue weighted by molar-refractivity contribution is 0.979. The molecule has 100 valence electrons. The minimum atomic E-state index is 0.820. The SMILES string of the molecule is C(/CCc1ccccn1)=N\Nc1nc2ccccc2s1. The lowest BCUT2D eigenvalue weighted by Gasteiger charge is -1.95. The number of nitrogens with one attached hydrogen (secondary N) is 1. The number of aromatic nitrogens is 2. The molecule has 0 spiro atoms. The van der Waals surface area contributed by atoms with Gasteiger partial charge < -0.3 is 0 Å². The first-order chi connectivity index (χ1) is 9.92. The average molecular weight is 282 g/mol. The Bertz CT molecular complexity index is 673. The summed E-state index contributed by atoms with van der Waals surface area (Å²) in [7, 11) is 0. The molecule has 20 heavy (non-hydrogen) atoms. The highest BCUT2D eigenvalue weighted by atomic mass is 32.1. The number of hydrazone groups is 1. The van der Waals surface area contributed by atoms with Gasteiger partial charge in [-0.1, -0.05) is 29.5 Å². The molecule has 0 atom stereocenters. The first-order valence-corrected chi connectivity index (χ1v) is 7.26. The lowest BCUT2D eigenvalue weighted by atomic mass is 10.2. The standard InChI is InChI=1S/C15H14N4S/c1-2-9-14-13(8-1)18-15(20-14)19-17-11-5-7-12-6-3-4-10-16-12/h1-4,6,8-11H,5,7H2,(H,18,19)/b17-11+. The van der Waals surface area contributed by atoms with Crippen LogP contribution in [0.15, 0.2) is 53.8 Å². The monoisotopic (exact) mass is 282 g/mol. The smallest absolute Gasteiger partial charge is 0.204 e. The molecule has 5 heteroatoms. The maximum absolute atomic E-state index is 4.45. The van der Waals surface area contributed by atoms with Crippen molar-refractivity contribution in [2.45, 2.75) is 12.8 Å². The molecule has 3 aromatic rings. The number of anilines is 1. The summed E-state index contributed by atoms with van der Waals surface area (Å²) in [5, 5.41) is 5.02. The summed E-state index contributed by atoms with van der Waals surface area (Å²) in [5.41, 5.74) is 5.06. The second-order valence-corrected chi connectivity index (χ2v) is 5.30. The number of benzene rings is 1.